The van der Waals surface area contributed by atoms with Crippen molar-refractivity contribution in [3.8, 4) is 0 Å². The molecule has 3 aromatic carbocycles. The van der Waals surface area contributed by atoms with Gasteiger partial charge in [-0.25, -0.2) is 26.9 Å². The smallest absolute Gasteiger partial charge is 0.416 e. The lowest BCUT2D eigenvalue weighted by Gasteiger charge is -2.39. The molecule has 1 aliphatic carbocycles. The standard InChI is InChI=1S/C41H42F2N4O6S2/c1-53-40(50)46(39(49)38(44)37(30-12-4-2-5-13-30)31-14-6-3-7-15-31)26-33-18-19-36(54-33)35(27-48)47(25-29-23-41(42,43)24-29)55(51,52)34-17-10-11-28(22-34)21-32-16-8-9-20-45-32/h2-20,22,29,35,37-38,48H,21,23-27,44H2,1H3/t35-,38+/m1/s1. The van der Waals surface area contributed by atoms with Gasteiger partial charge in [-0.1, -0.05) is 78.9 Å². The molecule has 0 radical (unpaired) electrons. The lowest BCUT2D eigenvalue weighted by molar-refractivity contribution is -0.131. The Hall–Kier alpha value is -4.86. The fourth-order valence-electron chi connectivity index (χ4n) is 6.95. The zero-order valence-electron chi connectivity index (χ0n) is 30.1. The number of halogens is 2. The van der Waals surface area contributed by atoms with E-state index in [1.54, 1.807) is 36.5 Å². The van der Waals surface area contributed by atoms with E-state index in [1.807, 2.05) is 72.8 Å². The molecule has 14 heteroatoms. The van der Waals surface area contributed by atoms with Gasteiger partial charge in [0, 0.05) is 53.4 Å². The van der Waals surface area contributed by atoms with Crippen molar-refractivity contribution in [2.75, 3.05) is 20.3 Å². The van der Waals surface area contributed by atoms with Gasteiger partial charge in [0.25, 0.3) is 0 Å². The van der Waals surface area contributed by atoms with Gasteiger partial charge in [0.15, 0.2) is 0 Å². The molecule has 0 saturated heterocycles. The van der Waals surface area contributed by atoms with Crippen molar-refractivity contribution in [2.45, 2.75) is 54.6 Å². The Balaban J connectivity index is 1.28. The van der Waals surface area contributed by atoms with Gasteiger partial charge in [0.1, 0.15) is 0 Å². The Kier molecular flexibility index (Phi) is 12.5. The third kappa shape index (κ3) is 9.34. The predicted octanol–water partition coefficient (Wildman–Crippen LogP) is 6.76. The summed E-state index contributed by atoms with van der Waals surface area (Å²) in [5, 5.41) is 10.8. The monoisotopic (exact) mass is 788 g/mol. The second-order valence-electron chi connectivity index (χ2n) is 13.6. The summed E-state index contributed by atoms with van der Waals surface area (Å²) < 4.78 is 62.9. The summed E-state index contributed by atoms with van der Waals surface area (Å²) in [4.78, 5) is 33.3. The summed E-state index contributed by atoms with van der Waals surface area (Å²) in [5.41, 5.74) is 9.64. The number of methoxy groups -OCH3 is 1. The number of amides is 2. The number of imide groups is 1. The van der Waals surface area contributed by atoms with Crippen molar-refractivity contribution in [1.82, 2.24) is 14.2 Å². The fourth-order valence-corrected chi connectivity index (χ4v) is 9.87. The Morgan fingerprint density at radius 3 is 2.18 bits per heavy atom. The molecule has 1 aliphatic rings. The molecule has 2 amide bonds. The van der Waals surface area contributed by atoms with Crippen molar-refractivity contribution in [1.29, 1.82) is 0 Å². The molecule has 1 saturated carbocycles. The number of aliphatic hydroxyl groups excluding tert-OH is 1. The van der Waals surface area contributed by atoms with Crippen LogP contribution in [0.2, 0.25) is 0 Å². The summed E-state index contributed by atoms with van der Waals surface area (Å²) in [6.07, 6.45) is 0.127. The summed E-state index contributed by atoms with van der Waals surface area (Å²) in [6, 6.07) is 31.2. The molecule has 0 aliphatic heterocycles. The summed E-state index contributed by atoms with van der Waals surface area (Å²) in [7, 11) is -3.19. The molecular weight excluding hydrogens is 747 g/mol. The highest BCUT2D eigenvalue weighted by atomic mass is 32.2. The number of ether oxygens (including phenoxy) is 1. The van der Waals surface area contributed by atoms with E-state index in [2.05, 4.69) is 4.98 Å². The number of nitrogens with zero attached hydrogens (tertiary/aromatic N) is 3. The Morgan fingerprint density at radius 1 is 0.945 bits per heavy atom. The topological polar surface area (TPSA) is 143 Å². The fraction of sp³-hybridized carbons (Fsp3) is 0.293. The molecule has 0 bridgehead atoms. The van der Waals surface area contributed by atoms with Gasteiger partial charge in [-0.15, -0.1) is 11.3 Å². The number of rotatable bonds is 15. The average Bonchev–Trinajstić information content (AvgIpc) is 3.65. The number of hydrogen-bond acceptors (Lipinski definition) is 9. The summed E-state index contributed by atoms with van der Waals surface area (Å²) in [6.45, 7) is -1.16. The van der Waals surface area contributed by atoms with Gasteiger partial charge in [0.2, 0.25) is 21.9 Å². The number of nitrogens with two attached hydrogens (primary N) is 1. The van der Waals surface area contributed by atoms with E-state index in [4.69, 9.17) is 10.5 Å². The van der Waals surface area contributed by atoms with Gasteiger partial charge in [-0.05, 0) is 59.0 Å². The highest BCUT2D eigenvalue weighted by Crippen LogP contribution is 2.45. The SMILES string of the molecule is COC(=O)N(Cc1ccc([C@@H](CO)N(CC2CC(F)(F)C2)S(=O)(=O)c2cccc(Cc3ccccn3)c2)s1)C(=O)[C@@H](N)C(c1ccccc1)c1ccccc1. The zero-order valence-corrected chi connectivity index (χ0v) is 31.7. The maximum Gasteiger partial charge on any atom is 0.416 e. The number of hydrogen-bond donors (Lipinski definition) is 2. The zero-order chi connectivity index (χ0) is 39.2. The van der Waals surface area contributed by atoms with E-state index in [-0.39, 0.29) is 18.0 Å². The van der Waals surface area contributed by atoms with E-state index in [0.29, 0.717) is 21.7 Å². The normalized spacial score (nSPS) is 15.3. The third-order valence-corrected chi connectivity index (χ3v) is 12.7. The first-order valence-electron chi connectivity index (χ1n) is 17.7. The van der Waals surface area contributed by atoms with Crippen LogP contribution >= 0.6 is 11.3 Å². The summed E-state index contributed by atoms with van der Waals surface area (Å²) >= 11 is 1.08. The van der Waals surface area contributed by atoms with E-state index >= 15 is 0 Å². The third-order valence-electron chi connectivity index (χ3n) is 9.70. The van der Waals surface area contributed by atoms with E-state index in [0.717, 1.165) is 44.5 Å². The van der Waals surface area contributed by atoms with Gasteiger partial charge in [0.05, 0.1) is 37.2 Å². The highest BCUT2D eigenvalue weighted by molar-refractivity contribution is 7.89. The van der Waals surface area contributed by atoms with Gasteiger partial charge in [-0.3, -0.25) is 9.78 Å². The predicted molar refractivity (Wildman–Crippen MR) is 205 cm³/mol. The van der Waals surface area contributed by atoms with E-state index in [1.165, 1.54) is 12.1 Å². The van der Waals surface area contributed by atoms with Gasteiger partial charge in [-0.2, -0.15) is 4.31 Å². The molecule has 6 rings (SSSR count). The second kappa shape index (κ2) is 17.3. The van der Waals surface area contributed by atoms with Gasteiger partial charge >= 0.3 is 6.09 Å². The maximum atomic E-state index is 14.4. The molecule has 2 heterocycles. The first kappa shape index (κ1) is 39.8. The number of thiophene rings is 1. The van der Waals surface area contributed by atoms with Crippen LogP contribution in [0.4, 0.5) is 13.6 Å². The summed E-state index contributed by atoms with van der Waals surface area (Å²) in [5.74, 6) is -4.82. The number of benzene rings is 3. The Morgan fingerprint density at radius 2 is 1.60 bits per heavy atom. The van der Waals surface area contributed by atoms with Crippen LogP contribution in [0.25, 0.3) is 0 Å². The average molecular weight is 789 g/mol. The van der Waals surface area contributed by atoms with E-state index in [9.17, 15) is 31.9 Å². The highest BCUT2D eigenvalue weighted by Gasteiger charge is 2.48. The molecule has 5 aromatic rings. The van der Waals surface area contributed by atoms with Crippen molar-refractivity contribution >= 4 is 33.4 Å². The Bertz CT molecular complexity index is 2130. The number of pyridine rings is 1. The second-order valence-corrected chi connectivity index (χ2v) is 16.7. The number of carbonyl (C=O) groups is 2. The minimum Gasteiger partial charge on any atom is -0.452 e. The molecule has 2 aromatic heterocycles. The molecular formula is C41H42F2N4O6S2. The van der Waals surface area contributed by atoms with Gasteiger partial charge < -0.3 is 15.6 Å². The number of carbonyl (C=O) groups excluding carboxylic acids is 2. The Labute approximate surface area is 323 Å². The van der Waals surface area contributed by atoms with Crippen molar-refractivity contribution in [3.05, 3.63) is 154 Å². The first-order valence-corrected chi connectivity index (χ1v) is 20.0. The molecule has 1 fully saturated rings. The molecule has 3 N–H and O–H groups in total. The lowest BCUT2D eigenvalue weighted by atomic mass is 9.81. The van der Waals surface area contributed by atoms with Crippen molar-refractivity contribution < 1.29 is 36.6 Å². The number of aromatic nitrogens is 1. The van der Waals surface area contributed by atoms with Crippen LogP contribution < -0.4 is 5.73 Å². The van der Waals surface area contributed by atoms with Crippen LogP contribution in [0.1, 0.15) is 56.9 Å². The quantitative estimate of drug-likeness (QED) is 0.119. The largest absolute Gasteiger partial charge is 0.452 e. The van der Waals surface area contributed by atoms with Crippen LogP contribution in [-0.4, -0.2) is 71.9 Å². The van der Waals surface area contributed by atoms with Crippen LogP contribution in [0.3, 0.4) is 0 Å². The lowest BCUT2D eigenvalue weighted by Crippen LogP contribution is -2.49. The van der Waals surface area contributed by atoms with Crippen molar-refractivity contribution in [3.63, 3.8) is 0 Å². The molecule has 2 atom stereocenters. The number of alkyl halides is 2. The van der Waals surface area contributed by atoms with Crippen LogP contribution in [0, 0.1) is 5.92 Å². The van der Waals surface area contributed by atoms with Crippen LogP contribution in [0.5, 0.6) is 0 Å². The van der Waals surface area contributed by atoms with Crippen LogP contribution in [0.15, 0.2) is 126 Å². The van der Waals surface area contributed by atoms with Crippen LogP contribution in [-0.2, 0) is 32.5 Å². The minimum atomic E-state index is -4.34. The maximum absolute atomic E-state index is 14.4. The minimum absolute atomic E-state index is 0.0509. The first-order chi connectivity index (χ1) is 26.4. The molecule has 0 spiro atoms. The molecule has 10 nitrogen and oxygen atoms in total. The van der Waals surface area contributed by atoms with E-state index < -0.39 is 71.3 Å². The van der Waals surface area contributed by atoms with Crippen molar-refractivity contribution in [2.24, 2.45) is 11.7 Å². The molecule has 288 valence electrons. The molecule has 0 unspecified atom stereocenters. The molecule has 55 heavy (non-hydrogen) atoms. The number of sulfonamides is 1. The number of aliphatic hydroxyl groups is 1.